The van der Waals surface area contributed by atoms with Gasteiger partial charge in [0.05, 0.1) is 4.34 Å². The van der Waals surface area contributed by atoms with Crippen molar-refractivity contribution in [1.29, 1.82) is 0 Å². The lowest BCUT2D eigenvalue weighted by Crippen LogP contribution is -2.56. The van der Waals surface area contributed by atoms with E-state index in [9.17, 15) is 13.2 Å². The highest BCUT2D eigenvalue weighted by atomic mass is 35.5. The minimum absolute atomic E-state index is 0.197. The van der Waals surface area contributed by atoms with Crippen molar-refractivity contribution in [2.45, 2.75) is 30.5 Å². The summed E-state index contributed by atoms with van der Waals surface area (Å²) >= 11 is 6.96. The Balaban J connectivity index is 2.40. The zero-order valence-electron chi connectivity index (χ0n) is 10.6. The van der Waals surface area contributed by atoms with Crippen molar-refractivity contribution in [2.75, 3.05) is 13.1 Å². The van der Waals surface area contributed by atoms with Crippen LogP contribution in [0.2, 0.25) is 4.34 Å². The number of halogens is 1. The summed E-state index contributed by atoms with van der Waals surface area (Å²) in [5.41, 5.74) is 0.736. The first-order valence-electron chi connectivity index (χ1n) is 5.93. The zero-order chi connectivity index (χ0) is 14.2. The van der Waals surface area contributed by atoms with Gasteiger partial charge >= 0.3 is 0 Å². The number of rotatable bonds is 3. The van der Waals surface area contributed by atoms with Gasteiger partial charge in [0.15, 0.2) is 0 Å². The standard InChI is InChI=1S/C11H15ClN2O3S2/c1-3-8-11(15)13-4-5-14(8)19(16,17)9-6-7(2)10(12)18-9/h6,8H,3-5H2,1-2H3,(H,13,15). The van der Waals surface area contributed by atoms with Crippen molar-refractivity contribution in [1.82, 2.24) is 9.62 Å². The van der Waals surface area contributed by atoms with Gasteiger partial charge in [0, 0.05) is 13.1 Å². The predicted octanol–water partition coefficient (Wildman–Crippen LogP) is 1.61. The van der Waals surface area contributed by atoms with Crippen LogP contribution in [0, 0.1) is 6.92 Å². The van der Waals surface area contributed by atoms with E-state index in [2.05, 4.69) is 5.32 Å². The third kappa shape index (κ3) is 2.65. The van der Waals surface area contributed by atoms with Crippen LogP contribution in [0.5, 0.6) is 0 Å². The lowest BCUT2D eigenvalue weighted by molar-refractivity contribution is -0.126. The number of carbonyl (C=O) groups is 1. The Morgan fingerprint density at radius 3 is 2.79 bits per heavy atom. The minimum Gasteiger partial charge on any atom is -0.353 e. The molecular formula is C11H15ClN2O3S2. The number of piperazine rings is 1. The summed E-state index contributed by atoms with van der Waals surface area (Å²) in [6, 6.07) is 0.918. The maximum absolute atomic E-state index is 12.6. The van der Waals surface area contributed by atoms with Gasteiger partial charge in [0.1, 0.15) is 10.3 Å². The Morgan fingerprint density at radius 2 is 2.26 bits per heavy atom. The highest BCUT2D eigenvalue weighted by Gasteiger charge is 2.38. The highest BCUT2D eigenvalue weighted by Crippen LogP contribution is 2.33. The predicted molar refractivity (Wildman–Crippen MR) is 75.0 cm³/mol. The fourth-order valence-electron chi connectivity index (χ4n) is 2.04. The van der Waals surface area contributed by atoms with E-state index in [1.807, 2.05) is 0 Å². The molecule has 1 aromatic rings. The second-order valence-corrected chi connectivity index (χ2v) is 8.12. The van der Waals surface area contributed by atoms with Crippen LogP contribution in [0.3, 0.4) is 0 Å². The quantitative estimate of drug-likeness (QED) is 0.919. The monoisotopic (exact) mass is 322 g/mol. The van der Waals surface area contributed by atoms with Gasteiger partial charge in [0.2, 0.25) is 5.91 Å². The summed E-state index contributed by atoms with van der Waals surface area (Å²) in [6.45, 7) is 4.19. The van der Waals surface area contributed by atoms with Crippen LogP contribution in [0.15, 0.2) is 10.3 Å². The summed E-state index contributed by atoms with van der Waals surface area (Å²) in [5.74, 6) is -0.239. The number of aryl methyl sites for hydroxylation is 1. The average Bonchev–Trinajstić information content (AvgIpc) is 2.70. The summed E-state index contributed by atoms with van der Waals surface area (Å²) in [4.78, 5) is 11.7. The average molecular weight is 323 g/mol. The molecule has 2 heterocycles. The van der Waals surface area contributed by atoms with Crippen molar-refractivity contribution in [3.05, 3.63) is 16.0 Å². The molecule has 0 saturated carbocycles. The summed E-state index contributed by atoms with van der Waals surface area (Å²) in [6.07, 6.45) is 0.448. The van der Waals surface area contributed by atoms with Gasteiger partial charge in [-0.3, -0.25) is 4.79 Å². The van der Waals surface area contributed by atoms with Crippen LogP contribution in [-0.2, 0) is 14.8 Å². The van der Waals surface area contributed by atoms with Crippen molar-refractivity contribution >= 4 is 38.9 Å². The fraction of sp³-hybridized carbons (Fsp3) is 0.545. The van der Waals surface area contributed by atoms with Gasteiger partial charge in [-0.2, -0.15) is 4.31 Å². The Bertz CT molecular complexity index is 578. The first-order chi connectivity index (χ1) is 8.87. The molecule has 1 atom stereocenters. The van der Waals surface area contributed by atoms with Crippen LogP contribution in [0.1, 0.15) is 18.9 Å². The molecule has 1 fully saturated rings. The Kier molecular flexibility index (Phi) is 4.20. The van der Waals surface area contributed by atoms with Crippen LogP contribution < -0.4 is 5.32 Å². The van der Waals surface area contributed by atoms with Gasteiger partial charge in [0.25, 0.3) is 10.0 Å². The third-order valence-electron chi connectivity index (χ3n) is 3.07. The van der Waals surface area contributed by atoms with Crippen molar-refractivity contribution in [3.8, 4) is 0 Å². The van der Waals surface area contributed by atoms with Crippen LogP contribution in [0.25, 0.3) is 0 Å². The van der Waals surface area contributed by atoms with Gasteiger partial charge in [-0.25, -0.2) is 8.42 Å². The SMILES string of the molecule is CCC1C(=O)NCCN1S(=O)(=O)c1cc(C)c(Cl)s1. The first kappa shape index (κ1) is 14.8. The molecule has 1 aliphatic rings. The molecule has 0 aromatic carbocycles. The lowest BCUT2D eigenvalue weighted by Gasteiger charge is -2.32. The normalized spacial score (nSPS) is 21.4. The molecule has 19 heavy (non-hydrogen) atoms. The molecule has 1 amide bonds. The maximum Gasteiger partial charge on any atom is 0.253 e. The second-order valence-electron chi connectivity index (χ2n) is 4.35. The lowest BCUT2D eigenvalue weighted by atomic mass is 10.2. The number of nitrogens with zero attached hydrogens (tertiary/aromatic N) is 1. The summed E-state index contributed by atoms with van der Waals surface area (Å²) in [7, 11) is -3.65. The molecule has 1 aliphatic heterocycles. The molecule has 2 rings (SSSR count). The second kappa shape index (κ2) is 5.40. The third-order valence-corrected chi connectivity index (χ3v) is 6.98. The van der Waals surface area contributed by atoms with E-state index in [-0.39, 0.29) is 10.1 Å². The number of sulfonamides is 1. The molecule has 0 bridgehead atoms. The topological polar surface area (TPSA) is 66.5 Å². The number of hydrogen-bond acceptors (Lipinski definition) is 4. The zero-order valence-corrected chi connectivity index (χ0v) is 13.0. The first-order valence-corrected chi connectivity index (χ1v) is 8.57. The van der Waals surface area contributed by atoms with Gasteiger partial charge in [-0.05, 0) is 25.0 Å². The summed E-state index contributed by atoms with van der Waals surface area (Å²) in [5, 5.41) is 2.69. The fourth-order valence-corrected chi connectivity index (χ4v) is 5.55. The number of amides is 1. The van der Waals surface area contributed by atoms with Crippen molar-refractivity contribution in [3.63, 3.8) is 0 Å². The molecule has 1 aromatic heterocycles. The molecule has 0 spiro atoms. The molecule has 1 saturated heterocycles. The number of hydrogen-bond donors (Lipinski definition) is 1. The molecule has 0 radical (unpaired) electrons. The van der Waals surface area contributed by atoms with Gasteiger partial charge < -0.3 is 5.32 Å². The van der Waals surface area contributed by atoms with E-state index >= 15 is 0 Å². The van der Waals surface area contributed by atoms with Crippen LogP contribution >= 0.6 is 22.9 Å². The number of thiophene rings is 1. The van der Waals surface area contributed by atoms with Crippen molar-refractivity contribution in [2.24, 2.45) is 0 Å². The van der Waals surface area contributed by atoms with Gasteiger partial charge in [-0.15, -0.1) is 11.3 Å². The highest BCUT2D eigenvalue weighted by molar-refractivity contribution is 7.91. The van der Waals surface area contributed by atoms with Crippen molar-refractivity contribution < 1.29 is 13.2 Å². The molecule has 1 N–H and O–H groups in total. The number of nitrogens with one attached hydrogen (secondary N) is 1. The van der Waals surface area contributed by atoms with E-state index in [4.69, 9.17) is 11.6 Å². The van der Waals surface area contributed by atoms with E-state index in [0.717, 1.165) is 16.9 Å². The molecule has 5 nitrogen and oxygen atoms in total. The maximum atomic E-state index is 12.6. The van der Waals surface area contributed by atoms with E-state index in [0.29, 0.717) is 23.8 Å². The molecule has 1 unspecified atom stereocenters. The van der Waals surface area contributed by atoms with E-state index < -0.39 is 16.1 Å². The van der Waals surface area contributed by atoms with Crippen LogP contribution in [0.4, 0.5) is 0 Å². The summed E-state index contributed by atoms with van der Waals surface area (Å²) < 4.78 is 27.1. The smallest absolute Gasteiger partial charge is 0.253 e. The van der Waals surface area contributed by atoms with E-state index in [1.54, 1.807) is 19.9 Å². The van der Waals surface area contributed by atoms with Crippen LogP contribution in [-0.4, -0.2) is 37.8 Å². The largest absolute Gasteiger partial charge is 0.353 e. The van der Waals surface area contributed by atoms with E-state index in [1.165, 1.54) is 4.31 Å². The Labute approximate surface area is 121 Å². The molecule has 8 heteroatoms. The minimum atomic E-state index is -3.65. The molecule has 106 valence electrons. The molecule has 0 aliphatic carbocycles. The van der Waals surface area contributed by atoms with Gasteiger partial charge in [-0.1, -0.05) is 18.5 Å². The Hall–Kier alpha value is -0.630. The Morgan fingerprint density at radius 1 is 1.58 bits per heavy atom. The molecular weight excluding hydrogens is 308 g/mol. The number of carbonyl (C=O) groups excluding carboxylic acids is 1.